The average Bonchev–Trinajstić information content (AvgIpc) is 2.53. The minimum Gasteiger partial charge on any atom is -0.331 e. The van der Waals surface area contributed by atoms with Crippen molar-refractivity contribution >= 4 is 15.9 Å². The molecule has 2 aromatic rings. The van der Waals surface area contributed by atoms with Gasteiger partial charge in [0.15, 0.2) is 0 Å². The molecule has 1 heterocycles. The van der Waals surface area contributed by atoms with Gasteiger partial charge in [0.2, 0.25) is 0 Å². The zero-order valence-electron chi connectivity index (χ0n) is 8.46. The Labute approximate surface area is 95.9 Å². The molecule has 0 aliphatic heterocycles. The first-order valence-electron chi connectivity index (χ1n) is 4.53. The van der Waals surface area contributed by atoms with Gasteiger partial charge in [-0.3, -0.25) is 0 Å². The largest absolute Gasteiger partial charge is 0.331 e. The van der Waals surface area contributed by atoms with Gasteiger partial charge in [-0.15, -0.1) is 0 Å². The number of nitrogens with zero attached hydrogens (tertiary/aromatic N) is 2. The molecule has 0 atom stereocenters. The van der Waals surface area contributed by atoms with E-state index in [0.717, 1.165) is 17.1 Å². The summed E-state index contributed by atoms with van der Waals surface area (Å²) in [4.78, 5) is 4.24. The van der Waals surface area contributed by atoms with Crippen LogP contribution >= 0.6 is 15.9 Å². The van der Waals surface area contributed by atoms with Crippen LogP contribution in [0.25, 0.3) is 11.4 Å². The molecule has 0 radical (unpaired) electrons. The standard InChI is InChI=1S/C11H10BrFN2/c1-7-6-14-11(15(7)2)8-3-4-9(12)10(13)5-8/h3-6H,1-2H3. The van der Waals surface area contributed by atoms with Crippen molar-refractivity contribution in [1.29, 1.82) is 0 Å². The molecule has 0 saturated carbocycles. The van der Waals surface area contributed by atoms with Crippen LogP contribution in [0.15, 0.2) is 28.9 Å². The topological polar surface area (TPSA) is 17.8 Å². The smallest absolute Gasteiger partial charge is 0.139 e. The van der Waals surface area contributed by atoms with Crippen molar-refractivity contribution in [3.8, 4) is 11.4 Å². The highest BCUT2D eigenvalue weighted by Crippen LogP contribution is 2.23. The summed E-state index contributed by atoms with van der Waals surface area (Å²) >= 11 is 3.12. The second kappa shape index (κ2) is 3.77. The predicted molar refractivity (Wildman–Crippen MR) is 61.0 cm³/mol. The number of imidazole rings is 1. The number of hydrogen-bond acceptors (Lipinski definition) is 1. The molecule has 2 nitrogen and oxygen atoms in total. The van der Waals surface area contributed by atoms with Crippen LogP contribution in [-0.4, -0.2) is 9.55 Å². The molecule has 0 aliphatic rings. The molecule has 15 heavy (non-hydrogen) atoms. The van der Waals surface area contributed by atoms with Crippen molar-refractivity contribution in [2.75, 3.05) is 0 Å². The third-order valence-electron chi connectivity index (χ3n) is 2.40. The average molecular weight is 269 g/mol. The summed E-state index contributed by atoms with van der Waals surface area (Å²) in [6.45, 7) is 1.96. The Balaban J connectivity index is 2.55. The minimum absolute atomic E-state index is 0.270. The number of rotatable bonds is 1. The van der Waals surface area contributed by atoms with E-state index in [-0.39, 0.29) is 5.82 Å². The van der Waals surface area contributed by atoms with Gasteiger partial charge in [0.1, 0.15) is 11.6 Å². The first kappa shape index (κ1) is 10.4. The normalized spacial score (nSPS) is 10.7. The molecule has 1 aromatic carbocycles. The van der Waals surface area contributed by atoms with Gasteiger partial charge in [0.05, 0.1) is 4.47 Å². The number of hydrogen-bond donors (Lipinski definition) is 0. The molecule has 0 fully saturated rings. The minimum atomic E-state index is -0.270. The van der Waals surface area contributed by atoms with E-state index in [0.29, 0.717) is 4.47 Å². The zero-order chi connectivity index (χ0) is 11.0. The highest BCUT2D eigenvalue weighted by atomic mass is 79.9. The van der Waals surface area contributed by atoms with Gasteiger partial charge >= 0.3 is 0 Å². The lowest BCUT2D eigenvalue weighted by Gasteiger charge is -2.04. The van der Waals surface area contributed by atoms with E-state index in [1.165, 1.54) is 6.07 Å². The lowest BCUT2D eigenvalue weighted by atomic mass is 10.2. The molecule has 78 valence electrons. The second-order valence-corrected chi connectivity index (χ2v) is 4.27. The van der Waals surface area contributed by atoms with Crippen molar-refractivity contribution in [2.45, 2.75) is 6.92 Å². The van der Waals surface area contributed by atoms with E-state index in [4.69, 9.17) is 0 Å². The van der Waals surface area contributed by atoms with Crippen LogP contribution in [-0.2, 0) is 7.05 Å². The van der Waals surface area contributed by atoms with Crippen molar-refractivity contribution in [3.05, 3.63) is 40.4 Å². The lowest BCUT2D eigenvalue weighted by molar-refractivity contribution is 0.621. The van der Waals surface area contributed by atoms with Crippen LogP contribution in [0.1, 0.15) is 5.69 Å². The van der Waals surface area contributed by atoms with Crippen molar-refractivity contribution in [1.82, 2.24) is 9.55 Å². The number of benzene rings is 1. The maximum absolute atomic E-state index is 13.3. The van der Waals surface area contributed by atoms with Crippen LogP contribution in [0.5, 0.6) is 0 Å². The van der Waals surface area contributed by atoms with E-state index in [1.807, 2.05) is 24.6 Å². The molecule has 0 spiro atoms. The summed E-state index contributed by atoms with van der Waals surface area (Å²) in [5.41, 5.74) is 1.83. The van der Waals surface area contributed by atoms with Crippen molar-refractivity contribution < 1.29 is 4.39 Å². The third-order valence-corrected chi connectivity index (χ3v) is 3.04. The highest BCUT2D eigenvalue weighted by molar-refractivity contribution is 9.10. The van der Waals surface area contributed by atoms with Gasteiger partial charge in [0, 0.05) is 24.5 Å². The summed E-state index contributed by atoms with van der Waals surface area (Å²) in [5.74, 6) is 0.507. The molecule has 4 heteroatoms. The quantitative estimate of drug-likeness (QED) is 0.776. The van der Waals surface area contributed by atoms with Gasteiger partial charge in [-0.25, -0.2) is 9.37 Å². The summed E-state index contributed by atoms with van der Waals surface area (Å²) < 4.78 is 15.7. The maximum Gasteiger partial charge on any atom is 0.139 e. The molecule has 0 N–H and O–H groups in total. The third kappa shape index (κ3) is 1.81. The first-order chi connectivity index (χ1) is 7.09. The lowest BCUT2D eigenvalue weighted by Crippen LogP contribution is -1.95. The Bertz CT molecular complexity index is 505. The molecule has 0 bridgehead atoms. The van der Waals surface area contributed by atoms with Crippen LogP contribution in [0.2, 0.25) is 0 Å². The van der Waals surface area contributed by atoms with E-state index in [1.54, 1.807) is 12.3 Å². The zero-order valence-corrected chi connectivity index (χ0v) is 10.0. The molecule has 0 unspecified atom stereocenters. The van der Waals surface area contributed by atoms with Gasteiger partial charge in [0.25, 0.3) is 0 Å². The highest BCUT2D eigenvalue weighted by Gasteiger charge is 2.08. The number of aryl methyl sites for hydroxylation is 1. The molecular formula is C11H10BrFN2. The van der Waals surface area contributed by atoms with Crippen molar-refractivity contribution in [2.24, 2.45) is 7.05 Å². The van der Waals surface area contributed by atoms with E-state index in [9.17, 15) is 4.39 Å². The molecule has 0 aliphatic carbocycles. The summed E-state index contributed by atoms with van der Waals surface area (Å²) in [6.07, 6.45) is 1.77. The van der Waals surface area contributed by atoms with Crippen LogP contribution in [0, 0.1) is 12.7 Å². The molecule has 2 rings (SSSR count). The first-order valence-corrected chi connectivity index (χ1v) is 5.32. The fourth-order valence-electron chi connectivity index (χ4n) is 1.40. The van der Waals surface area contributed by atoms with Gasteiger partial charge in [-0.1, -0.05) is 0 Å². The van der Waals surface area contributed by atoms with E-state index >= 15 is 0 Å². The number of aromatic nitrogens is 2. The Morgan fingerprint density at radius 1 is 1.40 bits per heavy atom. The molecular weight excluding hydrogens is 259 g/mol. The second-order valence-electron chi connectivity index (χ2n) is 3.41. The maximum atomic E-state index is 13.3. The Morgan fingerprint density at radius 2 is 2.13 bits per heavy atom. The van der Waals surface area contributed by atoms with Crippen LogP contribution in [0.3, 0.4) is 0 Å². The summed E-state index contributed by atoms with van der Waals surface area (Å²) in [7, 11) is 1.91. The summed E-state index contributed by atoms with van der Waals surface area (Å²) in [5, 5.41) is 0. The SMILES string of the molecule is Cc1cnc(-c2ccc(Br)c(F)c2)n1C. The molecule has 0 amide bonds. The Kier molecular flexibility index (Phi) is 2.61. The number of halogens is 2. The van der Waals surface area contributed by atoms with E-state index in [2.05, 4.69) is 20.9 Å². The van der Waals surface area contributed by atoms with Crippen molar-refractivity contribution in [3.63, 3.8) is 0 Å². The molecule has 0 saturated heterocycles. The van der Waals surface area contributed by atoms with Crippen LogP contribution < -0.4 is 0 Å². The summed E-state index contributed by atoms with van der Waals surface area (Å²) in [6, 6.07) is 5.01. The molecule has 1 aromatic heterocycles. The van der Waals surface area contributed by atoms with Crippen LogP contribution in [0.4, 0.5) is 4.39 Å². The monoisotopic (exact) mass is 268 g/mol. The fraction of sp³-hybridized carbons (Fsp3) is 0.182. The predicted octanol–water partition coefficient (Wildman–Crippen LogP) is 3.30. The van der Waals surface area contributed by atoms with E-state index < -0.39 is 0 Å². The Hall–Kier alpha value is -1.16. The van der Waals surface area contributed by atoms with Gasteiger partial charge in [-0.05, 0) is 41.1 Å². The Morgan fingerprint density at radius 3 is 2.67 bits per heavy atom. The van der Waals surface area contributed by atoms with Gasteiger partial charge < -0.3 is 4.57 Å². The fourth-order valence-corrected chi connectivity index (χ4v) is 1.64. The van der Waals surface area contributed by atoms with Gasteiger partial charge in [-0.2, -0.15) is 0 Å².